The maximum Gasteiger partial charge on any atom is 0.227 e. The van der Waals surface area contributed by atoms with Gasteiger partial charge in [-0.25, -0.2) is 9.37 Å². The van der Waals surface area contributed by atoms with Gasteiger partial charge in [-0.3, -0.25) is 0 Å². The fourth-order valence-corrected chi connectivity index (χ4v) is 2.37. The minimum absolute atomic E-state index is 0.346. The van der Waals surface area contributed by atoms with Crippen LogP contribution in [0.1, 0.15) is 5.56 Å². The Bertz CT molecular complexity index is 490. The van der Waals surface area contributed by atoms with Crippen LogP contribution < -0.4 is 4.74 Å². The molecule has 0 fully saturated rings. The normalized spacial score (nSPS) is 10.2. The molecule has 0 saturated carbocycles. The summed E-state index contributed by atoms with van der Waals surface area (Å²) in [6.07, 6.45) is 1.16. The Balaban J connectivity index is 2.11. The van der Waals surface area contributed by atoms with E-state index in [1.807, 2.05) is 30.3 Å². The van der Waals surface area contributed by atoms with Crippen LogP contribution >= 0.6 is 11.8 Å². The molecule has 0 radical (unpaired) electrons. The van der Waals surface area contributed by atoms with E-state index < -0.39 is 0 Å². The molecular weight excluding hydrogens is 237 g/mol. The maximum absolute atomic E-state index is 13.1. The highest BCUT2D eigenvalue weighted by Gasteiger charge is 2.07. The van der Waals surface area contributed by atoms with Crippen LogP contribution in [0.2, 0.25) is 0 Å². The van der Waals surface area contributed by atoms with Crippen LogP contribution in [0.5, 0.6) is 5.88 Å². The van der Waals surface area contributed by atoms with Gasteiger partial charge in [0, 0.05) is 5.75 Å². The SMILES string of the molecule is COc1ncc(F)cc1SCc1ccccc1. The first-order chi connectivity index (χ1) is 8.29. The van der Waals surface area contributed by atoms with Crippen molar-refractivity contribution in [2.75, 3.05) is 7.11 Å². The fourth-order valence-electron chi connectivity index (χ4n) is 1.40. The molecule has 0 atom stereocenters. The summed E-state index contributed by atoms with van der Waals surface area (Å²) >= 11 is 1.51. The lowest BCUT2D eigenvalue weighted by Gasteiger charge is -2.06. The minimum atomic E-state index is -0.346. The lowest BCUT2D eigenvalue weighted by atomic mass is 10.2. The van der Waals surface area contributed by atoms with Gasteiger partial charge in [-0.2, -0.15) is 0 Å². The molecule has 17 heavy (non-hydrogen) atoms. The lowest BCUT2D eigenvalue weighted by Crippen LogP contribution is -1.92. The monoisotopic (exact) mass is 249 g/mol. The van der Waals surface area contributed by atoms with E-state index in [0.717, 1.165) is 16.8 Å². The Morgan fingerprint density at radius 1 is 1.29 bits per heavy atom. The standard InChI is InChI=1S/C13H12FNOS/c1-16-13-12(7-11(14)8-15-13)17-9-10-5-3-2-4-6-10/h2-8H,9H2,1H3. The number of halogens is 1. The number of nitrogens with zero attached hydrogens (tertiary/aromatic N) is 1. The van der Waals surface area contributed by atoms with Crippen LogP contribution in [0.4, 0.5) is 4.39 Å². The summed E-state index contributed by atoms with van der Waals surface area (Å²) in [4.78, 5) is 4.61. The van der Waals surface area contributed by atoms with Crippen molar-refractivity contribution in [3.63, 3.8) is 0 Å². The molecule has 0 saturated heterocycles. The smallest absolute Gasteiger partial charge is 0.227 e. The summed E-state index contributed by atoms with van der Waals surface area (Å²) in [5.74, 6) is 0.885. The van der Waals surface area contributed by atoms with Crippen molar-refractivity contribution in [2.45, 2.75) is 10.6 Å². The Morgan fingerprint density at radius 2 is 2.06 bits per heavy atom. The maximum atomic E-state index is 13.1. The predicted molar refractivity (Wildman–Crippen MR) is 66.8 cm³/mol. The van der Waals surface area contributed by atoms with E-state index in [4.69, 9.17) is 4.74 Å². The zero-order valence-corrected chi connectivity index (χ0v) is 10.2. The van der Waals surface area contributed by atoms with Crippen molar-refractivity contribution in [1.82, 2.24) is 4.98 Å². The van der Waals surface area contributed by atoms with Gasteiger partial charge in [0.1, 0.15) is 5.82 Å². The summed E-state index contributed by atoms with van der Waals surface area (Å²) in [7, 11) is 1.53. The third kappa shape index (κ3) is 3.20. The Hall–Kier alpha value is -1.55. The van der Waals surface area contributed by atoms with Crippen LogP contribution in [-0.4, -0.2) is 12.1 Å². The summed E-state index contributed by atoms with van der Waals surface area (Å²) in [5, 5.41) is 0. The van der Waals surface area contributed by atoms with Gasteiger partial charge in [-0.1, -0.05) is 30.3 Å². The van der Waals surface area contributed by atoms with E-state index in [0.29, 0.717) is 5.88 Å². The number of hydrogen-bond donors (Lipinski definition) is 0. The molecule has 0 bridgehead atoms. The number of rotatable bonds is 4. The van der Waals surface area contributed by atoms with Crippen LogP contribution in [0.25, 0.3) is 0 Å². The largest absolute Gasteiger partial charge is 0.480 e. The molecule has 4 heteroatoms. The first-order valence-corrected chi connectivity index (χ1v) is 6.14. The van der Waals surface area contributed by atoms with Crippen molar-refractivity contribution >= 4 is 11.8 Å². The molecule has 88 valence electrons. The fraction of sp³-hybridized carbons (Fsp3) is 0.154. The molecule has 2 rings (SSSR count). The van der Waals surface area contributed by atoms with Crippen molar-refractivity contribution in [2.24, 2.45) is 0 Å². The van der Waals surface area contributed by atoms with Gasteiger partial charge in [-0.15, -0.1) is 11.8 Å². The Morgan fingerprint density at radius 3 is 2.76 bits per heavy atom. The summed E-state index contributed by atoms with van der Waals surface area (Å²) in [6, 6.07) is 11.4. The van der Waals surface area contributed by atoms with Crippen LogP contribution in [0, 0.1) is 5.82 Å². The van der Waals surface area contributed by atoms with E-state index in [9.17, 15) is 4.39 Å². The third-order valence-electron chi connectivity index (χ3n) is 2.22. The predicted octanol–water partition coefficient (Wildman–Crippen LogP) is 3.52. The zero-order valence-electron chi connectivity index (χ0n) is 9.39. The average molecular weight is 249 g/mol. The van der Waals surface area contributed by atoms with E-state index >= 15 is 0 Å². The number of thioether (sulfide) groups is 1. The molecule has 0 unspecified atom stereocenters. The number of benzene rings is 1. The first kappa shape index (κ1) is 11.9. The third-order valence-corrected chi connectivity index (χ3v) is 3.30. The van der Waals surface area contributed by atoms with Gasteiger partial charge < -0.3 is 4.74 Å². The molecule has 0 amide bonds. The zero-order chi connectivity index (χ0) is 12.1. The second kappa shape index (κ2) is 5.68. The molecule has 0 N–H and O–H groups in total. The van der Waals surface area contributed by atoms with Gasteiger partial charge in [0.25, 0.3) is 0 Å². The topological polar surface area (TPSA) is 22.1 Å². The summed E-state index contributed by atoms with van der Waals surface area (Å²) < 4.78 is 18.2. The second-order valence-electron chi connectivity index (χ2n) is 3.44. The van der Waals surface area contributed by atoms with E-state index in [1.54, 1.807) is 0 Å². The average Bonchev–Trinajstić information content (AvgIpc) is 2.38. The Labute approximate surface area is 104 Å². The number of ether oxygens (including phenoxy) is 1. The quantitative estimate of drug-likeness (QED) is 0.774. The Kier molecular flexibility index (Phi) is 3.98. The molecule has 1 aromatic heterocycles. The van der Waals surface area contributed by atoms with Gasteiger partial charge in [0.15, 0.2) is 0 Å². The molecule has 1 heterocycles. The van der Waals surface area contributed by atoms with Gasteiger partial charge in [0.2, 0.25) is 5.88 Å². The van der Waals surface area contributed by atoms with Crippen molar-refractivity contribution in [1.29, 1.82) is 0 Å². The summed E-state index contributed by atoms with van der Waals surface area (Å²) in [6.45, 7) is 0. The van der Waals surface area contributed by atoms with Crippen molar-refractivity contribution in [3.8, 4) is 5.88 Å². The van der Waals surface area contributed by atoms with Crippen LogP contribution in [-0.2, 0) is 5.75 Å². The van der Waals surface area contributed by atoms with E-state index in [2.05, 4.69) is 4.98 Å². The van der Waals surface area contributed by atoms with Crippen molar-refractivity contribution < 1.29 is 9.13 Å². The number of methoxy groups -OCH3 is 1. The van der Waals surface area contributed by atoms with E-state index in [1.165, 1.54) is 30.5 Å². The van der Waals surface area contributed by atoms with Crippen LogP contribution in [0.3, 0.4) is 0 Å². The molecule has 2 nitrogen and oxygen atoms in total. The van der Waals surface area contributed by atoms with Crippen LogP contribution in [0.15, 0.2) is 47.5 Å². The van der Waals surface area contributed by atoms with E-state index in [-0.39, 0.29) is 5.82 Å². The number of hydrogen-bond acceptors (Lipinski definition) is 3. The lowest BCUT2D eigenvalue weighted by molar-refractivity contribution is 0.384. The minimum Gasteiger partial charge on any atom is -0.480 e. The molecule has 0 spiro atoms. The first-order valence-electron chi connectivity index (χ1n) is 5.16. The number of aromatic nitrogens is 1. The van der Waals surface area contributed by atoms with Gasteiger partial charge >= 0.3 is 0 Å². The summed E-state index contributed by atoms with van der Waals surface area (Å²) in [5.41, 5.74) is 1.18. The van der Waals surface area contributed by atoms with Gasteiger partial charge in [-0.05, 0) is 11.6 Å². The molecule has 0 aliphatic heterocycles. The highest BCUT2D eigenvalue weighted by Crippen LogP contribution is 2.30. The molecular formula is C13H12FNOS. The molecule has 2 aromatic rings. The molecule has 0 aliphatic rings. The molecule has 1 aromatic carbocycles. The molecule has 0 aliphatic carbocycles. The number of pyridine rings is 1. The highest BCUT2D eigenvalue weighted by atomic mass is 32.2. The van der Waals surface area contributed by atoms with Crippen molar-refractivity contribution in [3.05, 3.63) is 54.0 Å². The second-order valence-corrected chi connectivity index (χ2v) is 4.45. The van der Waals surface area contributed by atoms with Gasteiger partial charge in [0.05, 0.1) is 18.2 Å². The highest BCUT2D eigenvalue weighted by molar-refractivity contribution is 7.98.